The molecule has 2 aromatic heterocycles. The van der Waals surface area contributed by atoms with Gasteiger partial charge in [0, 0.05) is 0 Å². The predicted molar refractivity (Wildman–Crippen MR) is 51.1 cm³/mol. The lowest BCUT2D eigenvalue weighted by Gasteiger charge is -2.00. The van der Waals surface area contributed by atoms with Crippen molar-refractivity contribution in [3.63, 3.8) is 0 Å². The number of nitrogens with two attached hydrogens (primary N) is 1. The topological polar surface area (TPSA) is 52.0 Å². The maximum absolute atomic E-state index is 5.65. The Kier molecular flexibility index (Phi) is 1.77. The van der Waals surface area contributed by atoms with E-state index in [9.17, 15) is 0 Å². The van der Waals surface area contributed by atoms with Gasteiger partial charge in [0.25, 0.3) is 0 Å². The van der Waals surface area contributed by atoms with Crippen LogP contribution in [0, 0.1) is 6.92 Å². The van der Waals surface area contributed by atoms with Crippen LogP contribution in [-0.4, -0.2) is 4.98 Å². The van der Waals surface area contributed by atoms with E-state index in [-0.39, 0.29) is 0 Å². The van der Waals surface area contributed by atoms with Crippen molar-refractivity contribution >= 4 is 5.69 Å². The van der Waals surface area contributed by atoms with Crippen molar-refractivity contribution in [2.24, 2.45) is 0 Å². The Labute approximate surface area is 76.2 Å². The second-order valence-electron chi connectivity index (χ2n) is 2.90. The summed E-state index contributed by atoms with van der Waals surface area (Å²) in [7, 11) is 0. The zero-order chi connectivity index (χ0) is 9.26. The number of pyridine rings is 1. The number of anilines is 1. The number of furan rings is 1. The van der Waals surface area contributed by atoms with Gasteiger partial charge in [-0.05, 0) is 30.7 Å². The van der Waals surface area contributed by atoms with Crippen LogP contribution in [0.25, 0.3) is 11.5 Å². The summed E-state index contributed by atoms with van der Waals surface area (Å²) in [4.78, 5) is 4.16. The highest BCUT2D eigenvalue weighted by Gasteiger charge is 2.03. The summed E-state index contributed by atoms with van der Waals surface area (Å²) in [6, 6.07) is 5.62. The van der Waals surface area contributed by atoms with Gasteiger partial charge in [0.1, 0.15) is 5.69 Å². The van der Waals surface area contributed by atoms with Gasteiger partial charge in [0.2, 0.25) is 0 Å². The standard InChI is InChI=1S/C10H10N2O/c1-7-5-9(12-6-8(7)11)10-3-2-4-13-10/h2-6H,11H2,1H3. The zero-order valence-corrected chi connectivity index (χ0v) is 7.32. The first kappa shape index (κ1) is 7.86. The number of aryl methyl sites for hydroxylation is 1. The molecule has 0 radical (unpaired) electrons. The molecular weight excluding hydrogens is 164 g/mol. The summed E-state index contributed by atoms with van der Waals surface area (Å²) in [6.07, 6.45) is 3.27. The lowest BCUT2D eigenvalue weighted by molar-refractivity contribution is 0.580. The molecule has 0 aromatic carbocycles. The van der Waals surface area contributed by atoms with E-state index in [1.807, 2.05) is 25.1 Å². The van der Waals surface area contributed by atoms with Gasteiger partial charge in [0.05, 0.1) is 18.1 Å². The van der Waals surface area contributed by atoms with Gasteiger partial charge in [-0.25, -0.2) is 0 Å². The zero-order valence-electron chi connectivity index (χ0n) is 7.32. The molecule has 0 unspecified atom stereocenters. The van der Waals surface area contributed by atoms with Crippen LogP contribution in [0.2, 0.25) is 0 Å². The quantitative estimate of drug-likeness (QED) is 0.721. The summed E-state index contributed by atoms with van der Waals surface area (Å²) in [5, 5.41) is 0. The maximum Gasteiger partial charge on any atom is 0.152 e. The molecule has 0 saturated carbocycles. The summed E-state index contributed by atoms with van der Waals surface area (Å²) >= 11 is 0. The Morgan fingerprint density at radius 1 is 1.46 bits per heavy atom. The van der Waals surface area contributed by atoms with Crippen LogP contribution in [0.15, 0.2) is 35.1 Å². The van der Waals surface area contributed by atoms with E-state index in [0.717, 1.165) is 17.0 Å². The van der Waals surface area contributed by atoms with Crippen LogP contribution in [-0.2, 0) is 0 Å². The molecular formula is C10H10N2O. The maximum atomic E-state index is 5.65. The first-order valence-corrected chi connectivity index (χ1v) is 4.03. The average molecular weight is 174 g/mol. The molecule has 0 amide bonds. The fourth-order valence-electron chi connectivity index (χ4n) is 1.13. The number of aromatic nitrogens is 1. The van der Waals surface area contributed by atoms with Gasteiger partial charge in [-0.15, -0.1) is 0 Å². The van der Waals surface area contributed by atoms with Crippen LogP contribution in [0.1, 0.15) is 5.56 Å². The molecule has 66 valence electrons. The van der Waals surface area contributed by atoms with Gasteiger partial charge in [-0.1, -0.05) is 0 Å². The third-order valence-electron chi connectivity index (χ3n) is 1.92. The third kappa shape index (κ3) is 1.40. The number of nitrogen functional groups attached to an aromatic ring is 1. The Bertz CT molecular complexity index is 407. The van der Waals surface area contributed by atoms with Gasteiger partial charge in [-0.3, -0.25) is 4.98 Å². The van der Waals surface area contributed by atoms with Crippen molar-refractivity contribution in [3.05, 3.63) is 36.2 Å². The monoisotopic (exact) mass is 174 g/mol. The van der Waals surface area contributed by atoms with Crippen LogP contribution in [0.5, 0.6) is 0 Å². The Balaban J connectivity index is 2.49. The lowest BCUT2D eigenvalue weighted by Crippen LogP contribution is -1.91. The highest BCUT2D eigenvalue weighted by atomic mass is 16.3. The van der Waals surface area contributed by atoms with Gasteiger partial charge in [-0.2, -0.15) is 0 Å². The molecule has 0 aliphatic heterocycles. The van der Waals surface area contributed by atoms with Crippen molar-refractivity contribution in [1.82, 2.24) is 4.98 Å². The number of hydrogen-bond donors (Lipinski definition) is 1. The molecule has 0 aliphatic rings. The average Bonchev–Trinajstić information content (AvgIpc) is 2.62. The second kappa shape index (κ2) is 2.94. The first-order chi connectivity index (χ1) is 6.27. The van der Waals surface area contributed by atoms with Crippen molar-refractivity contribution < 1.29 is 4.42 Å². The summed E-state index contributed by atoms with van der Waals surface area (Å²) in [6.45, 7) is 1.95. The molecule has 0 spiro atoms. The molecule has 3 heteroatoms. The second-order valence-corrected chi connectivity index (χ2v) is 2.90. The van der Waals surface area contributed by atoms with Gasteiger partial charge in [0.15, 0.2) is 5.76 Å². The van der Waals surface area contributed by atoms with Crippen molar-refractivity contribution in [2.45, 2.75) is 6.92 Å². The number of nitrogens with zero attached hydrogens (tertiary/aromatic N) is 1. The van der Waals surface area contributed by atoms with Crippen molar-refractivity contribution in [1.29, 1.82) is 0 Å². The van der Waals surface area contributed by atoms with Crippen LogP contribution in [0.4, 0.5) is 5.69 Å². The van der Waals surface area contributed by atoms with Crippen LogP contribution in [0.3, 0.4) is 0 Å². The number of rotatable bonds is 1. The summed E-state index contributed by atoms with van der Waals surface area (Å²) < 4.78 is 5.21. The molecule has 0 bridgehead atoms. The molecule has 0 atom stereocenters. The van der Waals surface area contributed by atoms with Crippen LogP contribution >= 0.6 is 0 Å². The van der Waals surface area contributed by atoms with E-state index in [2.05, 4.69) is 4.98 Å². The van der Waals surface area contributed by atoms with E-state index in [0.29, 0.717) is 5.69 Å². The minimum atomic E-state index is 0.704. The molecule has 2 heterocycles. The van der Waals surface area contributed by atoms with E-state index in [1.54, 1.807) is 12.5 Å². The van der Waals surface area contributed by atoms with E-state index in [4.69, 9.17) is 10.2 Å². The molecule has 0 saturated heterocycles. The van der Waals surface area contributed by atoms with Gasteiger partial charge < -0.3 is 10.2 Å². The fraction of sp³-hybridized carbons (Fsp3) is 0.100. The van der Waals surface area contributed by atoms with E-state index >= 15 is 0 Å². The largest absolute Gasteiger partial charge is 0.463 e. The smallest absolute Gasteiger partial charge is 0.152 e. The first-order valence-electron chi connectivity index (χ1n) is 4.03. The molecule has 13 heavy (non-hydrogen) atoms. The molecule has 0 fully saturated rings. The van der Waals surface area contributed by atoms with Gasteiger partial charge >= 0.3 is 0 Å². The fourth-order valence-corrected chi connectivity index (χ4v) is 1.13. The number of hydrogen-bond acceptors (Lipinski definition) is 3. The van der Waals surface area contributed by atoms with Crippen LogP contribution < -0.4 is 5.73 Å². The minimum absolute atomic E-state index is 0.704. The lowest BCUT2D eigenvalue weighted by atomic mass is 10.2. The molecule has 3 nitrogen and oxygen atoms in total. The predicted octanol–water partition coefficient (Wildman–Crippen LogP) is 2.23. The molecule has 2 aromatic rings. The normalized spacial score (nSPS) is 10.2. The third-order valence-corrected chi connectivity index (χ3v) is 1.92. The van der Waals surface area contributed by atoms with E-state index in [1.165, 1.54) is 0 Å². The highest BCUT2D eigenvalue weighted by molar-refractivity contribution is 5.57. The molecule has 2 rings (SSSR count). The Morgan fingerprint density at radius 3 is 2.92 bits per heavy atom. The highest BCUT2D eigenvalue weighted by Crippen LogP contribution is 2.20. The Morgan fingerprint density at radius 2 is 2.31 bits per heavy atom. The molecule has 2 N–H and O–H groups in total. The minimum Gasteiger partial charge on any atom is -0.463 e. The summed E-state index contributed by atoms with van der Waals surface area (Å²) in [5.74, 6) is 0.767. The molecule has 0 aliphatic carbocycles. The SMILES string of the molecule is Cc1cc(-c2ccco2)ncc1N. The van der Waals surface area contributed by atoms with E-state index < -0.39 is 0 Å². The Hall–Kier alpha value is -1.77. The van der Waals surface area contributed by atoms with Crippen molar-refractivity contribution in [3.8, 4) is 11.5 Å². The summed E-state index contributed by atoms with van der Waals surface area (Å²) in [5.41, 5.74) is 8.18. The van der Waals surface area contributed by atoms with Crippen molar-refractivity contribution in [2.75, 3.05) is 5.73 Å².